The zero-order valence-corrected chi connectivity index (χ0v) is 11.9. The first kappa shape index (κ1) is 14.4. The molecule has 0 radical (unpaired) electrons. The lowest BCUT2D eigenvalue weighted by molar-refractivity contribution is 0.372. The first-order valence-corrected chi connectivity index (χ1v) is 6.78. The largest absolute Gasteiger partial charge is 0.504 e. The first-order chi connectivity index (χ1) is 9.70. The zero-order chi connectivity index (χ0) is 14.4. The summed E-state index contributed by atoms with van der Waals surface area (Å²) in [5, 5.41) is 17.2. The molecule has 2 rings (SSSR count). The number of phenols is 1. The van der Waals surface area contributed by atoms with Crippen LogP contribution >= 0.6 is 0 Å². The molecule has 1 unspecified atom stereocenters. The van der Waals surface area contributed by atoms with Gasteiger partial charge in [0.05, 0.1) is 7.11 Å². The van der Waals surface area contributed by atoms with Crippen molar-refractivity contribution < 1.29 is 9.84 Å². The van der Waals surface area contributed by atoms with Gasteiger partial charge in [-0.05, 0) is 43.7 Å². The Morgan fingerprint density at radius 2 is 2.30 bits per heavy atom. The number of nitrogens with one attached hydrogen (secondary N) is 1. The second-order valence-electron chi connectivity index (χ2n) is 4.73. The molecule has 0 aliphatic heterocycles. The van der Waals surface area contributed by atoms with Crippen LogP contribution in [0.4, 0.5) is 0 Å². The molecule has 20 heavy (non-hydrogen) atoms. The Bertz CT molecular complexity index is 526. The van der Waals surface area contributed by atoms with Crippen molar-refractivity contribution in [3.63, 3.8) is 0 Å². The van der Waals surface area contributed by atoms with Crippen LogP contribution in [0.3, 0.4) is 0 Å². The van der Waals surface area contributed by atoms with Gasteiger partial charge < -0.3 is 15.2 Å². The minimum absolute atomic E-state index is 0.169. The highest BCUT2D eigenvalue weighted by molar-refractivity contribution is 5.42. The van der Waals surface area contributed by atoms with Gasteiger partial charge in [-0.1, -0.05) is 6.07 Å². The van der Waals surface area contributed by atoms with Gasteiger partial charge in [-0.2, -0.15) is 5.10 Å². The number of nitrogens with zero attached hydrogens (tertiary/aromatic N) is 2. The van der Waals surface area contributed by atoms with Crippen molar-refractivity contribution in [2.75, 3.05) is 13.7 Å². The molecular formula is C15H21N3O2. The standard InChI is InChI=1S/C15H21N3O2/c1-12(13-5-6-14(19)15(11-13)20-2)16-7-3-9-18-10-4-8-17-18/h4-6,8,10-12,16,19H,3,7,9H2,1-2H3. The van der Waals surface area contributed by atoms with Gasteiger partial charge in [-0.3, -0.25) is 4.68 Å². The lowest BCUT2D eigenvalue weighted by Gasteiger charge is -2.15. The Kier molecular flexibility index (Phi) is 5.01. The van der Waals surface area contributed by atoms with Crippen LogP contribution in [-0.2, 0) is 6.54 Å². The predicted molar refractivity (Wildman–Crippen MR) is 77.9 cm³/mol. The lowest BCUT2D eigenvalue weighted by Crippen LogP contribution is -2.21. The zero-order valence-electron chi connectivity index (χ0n) is 11.9. The molecule has 0 amide bonds. The van der Waals surface area contributed by atoms with E-state index in [2.05, 4.69) is 17.3 Å². The van der Waals surface area contributed by atoms with Gasteiger partial charge in [-0.15, -0.1) is 0 Å². The Hall–Kier alpha value is -2.01. The Labute approximate surface area is 119 Å². The van der Waals surface area contributed by atoms with E-state index in [0.717, 1.165) is 25.1 Å². The minimum Gasteiger partial charge on any atom is -0.504 e. The molecule has 0 fully saturated rings. The number of hydrogen-bond donors (Lipinski definition) is 2. The molecule has 5 nitrogen and oxygen atoms in total. The average Bonchev–Trinajstić information content (AvgIpc) is 2.97. The molecule has 0 saturated heterocycles. The van der Waals surface area contributed by atoms with E-state index in [9.17, 15) is 5.11 Å². The molecule has 0 aliphatic rings. The smallest absolute Gasteiger partial charge is 0.160 e. The fourth-order valence-corrected chi connectivity index (χ4v) is 2.07. The molecule has 1 aromatic carbocycles. The fourth-order valence-electron chi connectivity index (χ4n) is 2.07. The lowest BCUT2D eigenvalue weighted by atomic mass is 10.1. The van der Waals surface area contributed by atoms with Gasteiger partial charge in [0.2, 0.25) is 0 Å². The molecule has 1 atom stereocenters. The van der Waals surface area contributed by atoms with Crippen molar-refractivity contribution in [3.05, 3.63) is 42.2 Å². The van der Waals surface area contributed by atoms with Crippen molar-refractivity contribution in [2.45, 2.75) is 25.9 Å². The Balaban J connectivity index is 1.80. The van der Waals surface area contributed by atoms with E-state index in [1.54, 1.807) is 19.4 Å². The SMILES string of the molecule is COc1cc(C(C)NCCCn2cccn2)ccc1O. The summed E-state index contributed by atoms with van der Waals surface area (Å²) >= 11 is 0. The van der Waals surface area contributed by atoms with Crippen LogP contribution in [0.5, 0.6) is 11.5 Å². The highest BCUT2D eigenvalue weighted by Crippen LogP contribution is 2.28. The molecule has 2 N–H and O–H groups in total. The van der Waals surface area contributed by atoms with Crippen LogP contribution in [0.15, 0.2) is 36.7 Å². The van der Waals surface area contributed by atoms with Gasteiger partial charge in [0.25, 0.3) is 0 Å². The first-order valence-electron chi connectivity index (χ1n) is 6.78. The highest BCUT2D eigenvalue weighted by Gasteiger charge is 2.08. The van der Waals surface area contributed by atoms with Crippen molar-refractivity contribution in [3.8, 4) is 11.5 Å². The van der Waals surface area contributed by atoms with Crippen molar-refractivity contribution in [2.24, 2.45) is 0 Å². The third-order valence-electron chi connectivity index (χ3n) is 3.28. The maximum absolute atomic E-state index is 9.58. The number of aromatic hydroxyl groups is 1. The van der Waals surface area contributed by atoms with Crippen LogP contribution in [0, 0.1) is 0 Å². The van der Waals surface area contributed by atoms with E-state index in [1.165, 1.54) is 0 Å². The molecule has 2 aromatic rings. The van der Waals surface area contributed by atoms with Crippen LogP contribution in [-0.4, -0.2) is 28.5 Å². The van der Waals surface area contributed by atoms with Crippen molar-refractivity contribution in [1.29, 1.82) is 0 Å². The number of hydrogen-bond acceptors (Lipinski definition) is 4. The number of ether oxygens (including phenoxy) is 1. The van der Waals surface area contributed by atoms with Gasteiger partial charge in [-0.25, -0.2) is 0 Å². The molecule has 0 spiro atoms. The third kappa shape index (κ3) is 3.74. The molecule has 5 heteroatoms. The van der Waals surface area contributed by atoms with Crippen LogP contribution in [0.25, 0.3) is 0 Å². The van der Waals surface area contributed by atoms with E-state index in [0.29, 0.717) is 5.75 Å². The Morgan fingerprint density at radius 1 is 1.45 bits per heavy atom. The molecular weight excluding hydrogens is 254 g/mol. The molecule has 108 valence electrons. The van der Waals surface area contributed by atoms with Crippen molar-refractivity contribution in [1.82, 2.24) is 15.1 Å². The van der Waals surface area contributed by atoms with Gasteiger partial charge in [0.15, 0.2) is 11.5 Å². The van der Waals surface area contributed by atoms with E-state index in [4.69, 9.17) is 4.74 Å². The summed E-state index contributed by atoms with van der Waals surface area (Å²) in [6, 6.07) is 7.57. The maximum atomic E-state index is 9.58. The van der Waals surface area contributed by atoms with Crippen LogP contribution in [0.2, 0.25) is 0 Å². The van der Waals surface area contributed by atoms with Crippen molar-refractivity contribution >= 4 is 0 Å². The number of benzene rings is 1. The molecule has 0 saturated carbocycles. The Morgan fingerprint density at radius 3 is 3.00 bits per heavy atom. The van der Waals surface area contributed by atoms with E-state index in [-0.39, 0.29) is 11.8 Å². The summed E-state index contributed by atoms with van der Waals surface area (Å²) < 4.78 is 7.05. The van der Waals surface area contributed by atoms with E-state index in [1.807, 2.05) is 29.1 Å². The van der Waals surface area contributed by atoms with E-state index < -0.39 is 0 Å². The van der Waals surface area contributed by atoms with Gasteiger partial charge in [0.1, 0.15) is 0 Å². The second-order valence-corrected chi connectivity index (χ2v) is 4.73. The minimum atomic E-state index is 0.169. The fraction of sp³-hybridized carbons (Fsp3) is 0.400. The summed E-state index contributed by atoms with van der Waals surface area (Å²) in [6.45, 7) is 3.91. The van der Waals surface area contributed by atoms with Gasteiger partial charge in [0, 0.05) is 25.0 Å². The molecule has 1 heterocycles. The van der Waals surface area contributed by atoms with Gasteiger partial charge >= 0.3 is 0 Å². The number of methoxy groups -OCH3 is 1. The number of aryl methyl sites for hydroxylation is 1. The number of phenolic OH excluding ortho intramolecular Hbond substituents is 1. The average molecular weight is 275 g/mol. The normalized spacial score (nSPS) is 12.3. The maximum Gasteiger partial charge on any atom is 0.160 e. The highest BCUT2D eigenvalue weighted by atomic mass is 16.5. The molecule has 0 bridgehead atoms. The van der Waals surface area contributed by atoms with Crippen LogP contribution in [0.1, 0.15) is 24.9 Å². The third-order valence-corrected chi connectivity index (χ3v) is 3.28. The molecule has 0 aliphatic carbocycles. The quantitative estimate of drug-likeness (QED) is 0.761. The predicted octanol–water partition coefficient (Wildman–Crippen LogP) is 2.34. The number of rotatable bonds is 7. The molecule has 1 aromatic heterocycles. The summed E-state index contributed by atoms with van der Waals surface area (Å²) in [6.07, 6.45) is 4.77. The second kappa shape index (κ2) is 6.96. The summed E-state index contributed by atoms with van der Waals surface area (Å²) in [5.41, 5.74) is 1.10. The van der Waals surface area contributed by atoms with E-state index >= 15 is 0 Å². The monoisotopic (exact) mass is 275 g/mol. The summed E-state index contributed by atoms with van der Waals surface area (Å²) in [7, 11) is 1.56. The topological polar surface area (TPSA) is 59.3 Å². The summed E-state index contributed by atoms with van der Waals surface area (Å²) in [4.78, 5) is 0. The number of aromatic nitrogens is 2. The van der Waals surface area contributed by atoms with Crippen LogP contribution < -0.4 is 10.1 Å². The summed E-state index contributed by atoms with van der Waals surface area (Å²) in [5.74, 6) is 0.676.